The summed E-state index contributed by atoms with van der Waals surface area (Å²) in [6.07, 6.45) is 4.67. The van der Waals surface area contributed by atoms with E-state index in [1.165, 1.54) is 30.5 Å². The topological polar surface area (TPSA) is 21.3 Å². The molecule has 1 aromatic rings. The van der Waals surface area contributed by atoms with Gasteiger partial charge in [-0.05, 0) is 49.4 Å². The van der Waals surface area contributed by atoms with Crippen LogP contribution in [0, 0.1) is 0 Å². The Morgan fingerprint density at radius 3 is 3.12 bits per heavy atom. The van der Waals surface area contributed by atoms with Crippen molar-refractivity contribution in [2.45, 2.75) is 25.7 Å². The minimum Gasteiger partial charge on any atom is -0.494 e. The summed E-state index contributed by atoms with van der Waals surface area (Å²) in [6, 6.07) is 6.37. The standard InChI is InChI=1S/C13H18BrNO/c14-7-1-2-9-16-12-5-6-13-11(10-12)4-3-8-15-13/h5-6,10,15H,1-4,7-9H2. The van der Waals surface area contributed by atoms with Crippen LogP contribution in [0.5, 0.6) is 5.75 Å². The first-order valence-electron chi connectivity index (χ1n) is 5.96. The zero-order valence-corrected chi connectivity index (χ0v) is 11.1. The average molecular weight is 284 g/mol. The van der Waals surface area contributed by atoms with E-state index in [-0.39, 0.29) is 0 Å². The van der Waals surface area contributed by atoms with Crippen molar-refractivity contribution in [3.63, 3.8) is 0 Å². The van der Waals surface area contributed by atoms with Crippen molar-refractivity contribution >= 4 is 21.6 Å². The summed E-state index contributed by atoms with van der Waals surface area (Å²) in [5.41, 5.74) is 2.67. The molecule has 0 bridgehead atoms. The molecule has 1 N–H and O–H groups in total. The van der Waals surface area contributed by atoms with Crippen LogP contribution in [0.15, 0.2) is 18.2 Å². The van der Waals surface area contributed by atoms with Gasteiger partial charge in [0.05, 0.1) is 6.61 Å². The number of aryl methyl sites for hydroxylation is 1. The van der Waals surface area contributed by atoms with Crippen molar-refractivity contribution in [2.24, 2.45) is 0 Å². The quantitative estimate of drug-likeness (QED) is 0.659. The van der Waals surface area contributed by atoms with Gasteiger partial charge in [0, 0.05) is 17.6 Å². The number of hydrogen-bond acceptors (Lipinski definition) is 2. The minimum absolute atomic E-state index is 0.817. The molecule has 88 valence electrons. The maximum absolute atomic E-state index is 5.73. The van der Waals surface area contributed by atoms with E-state index >= 15 is 0 Å². The van der Waals surface area contributed by atoms with Gasteiger partial charge in [-0.25, -0.2) is 0 Å². The number of halogens is 1. The van der Waals surface area contributed by atoms with Crippen LogP contribution in [0.3, 0.4) is 0 Å². The summed E-state index contributed by atoms with van der Waals surface area (Å²) < 4.78 is 5.73. The van der Waals surface area contributed by atoms with Crippen molar-refractivity contribution in [2.75, 3.05) is 23.8 Å². The van der Waals surface area contributed by atoms with Gasteiger partial charge in [0.1, 0.15) is 5.75 Å². The molecule has 1 aromatic carbocycles. The van der Waals surface area contributed by atoms with Gasteiger partial charge >= 0.3 is 0 Å². The Labute approximate surface area is 106 Å². The van der Waals surface area contributed by atoms with Gasteiger partial charge < -0.3 is 10.1 Å². The van der Waals surface area contributed by atoms with E-state index in [2.05, 4.69) is 39.4 Å². The second kappa shape index (κ2) is 6.14. The van der Waals surface area contributed by atoms with Gasteiger partial charge in [0.15, 0.2) is 0 Å². The largest absolute Gasteiger partial charge is 0.494 e. The molecule has 16 heavy (non-hydrogen) atoms. The molecule has 0 unspecified atom stereocenters. The third-order valence-corrected chi connectivity index (χ3v) is 3.37. The zero-order chi connectivity index (χ0) is 11.2. The van der Waals surface area contributed by atoms with Crippen LogP contribution in [0.2, 0.25) is 0 Å². The van der Waals surface area contributed by atoms with Crippen LogP contribution in [-0.4, -0.2) is 18.5 Å². The zero-order valence-electron chi connectivity index (χ0n) is 9.47. The molecule has 0 saturated heterocycles. The Balaban J connectivity index is 1.90. The molecule has 0 aromatic heterocycles. The first-order chi connectivity index (χ1) is 7.90. The van der Waals surface area contributed by atoms with E-state index in [0.717, 1.165) is 30.7 Å². The summed E-state index contributed by atoms with van der Waals surface area (Å²) >= 11 is 3.42. The summed E-state index contributed by atoms with van der Waals surface area (Å²) in [6.45, 7) is 1.91. The Hall–Kier alpha value is -0.700. The molecule has 1 heterocycles. The number of alkyl halides is 1. The number of nitrogens with one attached hydrogen (secondary N) is 1. The summed E-state index contributed by atoms with van der Waals surface area (Å²) in [5, 5.41) is 4.46. The molecule has 0 radical (unpaired) electrons. The highest BCUT2D eigenvalue weighted by molar-refractivity contribution is 9.09. The predicted octanol–water partition coefficient (Wildman–Crippen LogP) is 3.60. The van der Waals surface area contributed by atoms with Gasteiger partial charge in [-0.15, -0.1) is 0 Å². The number of hydrogen-bond donors (Lipinski definition) is 1. The molecular formula is C13H18BrNO. The fourth-order valence-corrected chi connectivity index (χ4v) is 2.32. The van der Waals surface area contributed by atoms with E-state index < -0.39 is 0 Å². The molecule has 0 saturated carbocycles. The van der Waals surface area contributed by atoms with Crippen LogP contribution in [-0.2, 0) is 6.42 Å². The monoisotopic (exact) mass is 283 g/mol. The Morgan fingerprint density at radius 2 is 2.25 bits per heavy atom. The third kappa shape index (κ3) is 3.14. The van der Waals surface area contributed by atoms with Crippen LogP contribution in [0.25, 0.3) is 0 Å². The molecule has 0 spiro atoms. The fraction of sp³-hybridized carbons (Fsp3) is 0.538. The van der Waals surface area contributed by atoms with Crippen molar-refractivity contribution in [1.29, 1.82) is 0 Å². The number of rotatable bonds is 5. The second-order valence-corrected chi connectivity index (χ2v) is 4.89. The van der Waals surface area contributed by atoms with E-state index in [1.807, 2.05) is 0 Å². The second-order valence-electron chi connectivity index (χ2n) is 4.09. The van der Waals surface area contributed by atoms with Crippen molar-refractivity contribution in [3.05, 3.63) is 23.8 Å². The highest BCUT2D eigenvalue weighted by Gasteiger charge is 2.08. The van der Waals surface area contributed by atoms with Crippen LogP contribution in [0.4, 0.5) is 5.69 Å². The van der Waals surface area contributed by atoms with Crippen molar-refractivity contribution < 1.29 is 4.74 Å². The molecule has 1 aliphatic heterocycles. The van der Waals surface area contributed by atoms with E-state index in [0.29, 0.717) is 0 Å². The maximum atomic E-state index is 5.73. The lowest BCUT2D eigenvalue weighted by atomic mass is 10.0. The predicted molar refractivity (Wildman–Crippen MR) is 71.8 cm³/mol. The fourth-order valence-electron chi connectivity index (χ4n) is 1.93. The first-order valence-corrected chi connectivity index (χ1v) is 7.08. The van der Waals surface area contributed by atoms with E-state index in [4.69, 9.17) is 4.74 Å². The summed E-state index contributed by atoms with van der Waals surface area (Å²) in [5.74, 6) is 1.01. The molecule has 0 atom stereocenters. The van der Waals surface area contributed by atoms with Crippen molar-refractivity contribution in [3.8, 4) is 5.75 Å². The van der Waals surface area contributed by atoms with E-state index in [9.17, 15) is 0 Å². The summed E-state index contributed by atoms with van der Waals surface area (Å²) in [7, 11) is 0. The molecule has 2 rings (SSSR count). The lowest BCUT2D eigenvalue weighted by Gasteiger charge is -2.18. The smallest absolute Gasteiger partial charge is 0.119 e. The summed E-state index contributed by atoms with van der Waals surface area (Å²) in [4.78, 5) is 0. The Morgan fingerprint density at radius 1 is 1.31 bits per heavy atom. The number of fused-ring (bicyclic) bond motifs is 1. The molecule has 1 aliphatic rings. The van der Waals surface area contributed by atoms with Gasteiger partial charge in [-0.1, -0.05) is 15.9 Å². The molecule has 2 nitrogen and oxygen atoms in total. The van der Waals surface area contributed by atoms with Crippen LogP contribution in [0.1, 0.15) is 24.8 Å². The molecule has 0 aliphatic carbocycles. The SMILES string of the molecule is BrCCCCOc1ccc2c(c1)CCCN2. The van der Waals surface area contributed by atoms with Gasteiger partial charge in [-0.2, -0.15) is 0 Å². The van der Waals surface area contributed by atoms with E-state index in [1.54, 1.807) is 0 Å². The first kappa shape index (κ1) is 11.8. The average Bonchev–Trinajstić information content (AvgIpc) is 2.34. The van der Waals surface area contributed by atoms with Gasteiger partial charge in [0.2, 0.25) is 0 Å². The number of benzene rings is 1. The Kier molecular flexibility index (Phi) is 4.52. The highest BCUT2D eigenvalue weighted by Crippen LogP contribution is 2.26. The number of ether oxygens (including phenoxy) is 1. The molecule has 0 amide bonds. The number of unbranched alkanes of at least 4 members (excludes halogenated alkanes) is 1. The minimum atomic E-state index is 0.817. The molecule has 3 heteroatoms. The van der Waals surface area contributed by atoms with Gasteiger partial charge in [0.25, 0.3) is 0 Å². The Bertz CT molecular complexity index is 341. The lowest BCUT2D eigenvalue weighted by molar-refractivity contribution is 0.309. The molecule has 0 fully saturated rings. The number of anilines is 1. The van der Waals surface area contributed by atoms with Crippen LogP contribution < -0.4 is 10.1 Å². The third-order valence-electron chi connectivity index (χ3n) is 2.81. The lowest BCUT2D eigenvalue weighted by Crippen LogP contribution is -2.11. The highest BCUT2D eigenvalue weighted by atomic mass is 79.9. The molecular weight excluding hydrogens is 266 g/mol. The normalized spacial score (nSPS) is 14.1. The maximum Gasteiger partial charge on any atom is 0.119 e. The van der Waals surface area contributed by atoms with Crippen molar-refractivity contribution in [1.82, 2.24) is 0 Å². The van der Waals surface area contributed by atoms with Gasteiger partial charge in [-0.3, -0.25) is 0 Å². The van der Waals surface area contributed by atoms with Crippen LogP contribution >= 0.6 is 15.9 Å².